The summed E-state index contributed by atoms with van der Waals surface area (Å²) in [6, 6.07) is 0. The minimum atomic E-state index is -0.714. The van der Waals surface area contributed by atoms with Crippen LogP contribution in [0.4, 0.5) is 0 Å². The lowest BCUT2D eigenvalue weighted by molar-refractivity contribution is -0.152. The van der Waals surface area contributed by atoms with Gasteiger partial charge in [0.05, 0.1) is 18.9 Å². The number of unbranched alkanes of at least 4 members (excludes halogenated alkanes) is 2. The van der Waals surface area contributed by atoms with Crippen molar-refractivity contribution in [2.45, 2.75) is 32.6 Å². The van der Waals surface area contributed by atoms with E-state index in [1.165, 1.54) is 6.08 Å². The highest BCUT2D eigenvalue weighted by molar-refractivity contribution is 5.80. The van der Waals surface area contributed by atoms with Crippen LogP contribution in [0.2, 0.25) is 0 Å². The SMILES string of the molecule is [CH2]C(CC(=O)OCCCCC)C(=O)OCC=C. The summed E-state index contributed by atoms with van der Waals surface area (Å²) in [5.74, 6) is -1.62. The van der Waals surface area contributed by atoms with Gasteiger partial charge in [0.1, 0.15) is 6.61 Å². The van der Waals surface area contributed by atoms with E-state index in [9.17, 15) is 9.59 Å². The van der Waals surface area contributed by atoms with Gasteiger partial charge in [-0.3, -0.25) is 9.59 Å². The molecule has 1 radical (unpaired) electrons. The molecule has 97 valence electrons. The van der Waals surface area contributed by atoms with Gasteiger partial charge in [0.25, 0.3) is 0 Å². The topological polar surface area (TPSA) is 52.6 Å². The zero-order valence-corrected chi connectivity index (χ0v) is 10.4. The Bertz CT molecular complexity index is 248. The molecule has 0 spiro atoms. The van der Waals surface area contributed by atoms with E-state index in [2.05, 4.69) is 20.4 Å². The maximum atomic E-state index is 11.3. The second kappa shape index (κ2) is 9.87. The molecule has 0 aromatic rings. The standard InChI is InChI=1S/C13H21O4/c1-4-6-7-9-16-12(14)10-11(3)13(15)17-8-5-2/h5,11H,2-4,6-10H2,1H3. The van der Waals surface area contributed by atoms with Crippen LogP contribution in [0, 0.1) is 12.8 Å². The van der Waals surface area contributed by atoms with Crippen LogP contribution < -0.4 is 0 Å². The lowest BCUT2D eigenvalue weighted by atomic mass is 10.1. The van der Waals surface area contributed by atoms with Crippen molar-refractivity contribution >= 4 is 11.9 Å². The first-order chi connectivity index (χ1) is 8.11. The summed E-state index contributed by atoms with van der Waals surface area (Å²) in [6.07, 6.45) is 4.38. The molecule has 4 heteroatoms. The molecule has 0 N–H and O–H groups in total. The van der Waals surface area contributed by atoms with Crippen molar-refractivity contribution in [2.24, 2.45) is 5.92 Å². The fourth-order valence-corrected chi connectivity index (χ4v) is 1.14. The fourth-order valence-electron chi connectivity index (χ4n) is 1.14. The van der Waals surface area contributed by atoms with Gasteiger partial charge in [-0.25, -0.2) is 0 Å². The van der Waals surface area contributed by atoms with Crippen LogP contribution in [0.5, 0.6) is 0 Å². The van der Waals surface area contributed by atoms with Crippen molar-refractivity contribution in [3.05, 3.63) is 19.6 Å². The largest absolute Gasteiger partial charge is 0.466 e. The second-order valence-corrected chi connectivity index (χ2v) is 3.75. The summed E-state index contributed by atoms with van der Waals surface area (Å²) in [5, 5.41) is 0. The van der Waals surface area contributed by atoms with Crippen LogP contribution in [0.15, 0.2) is 12.7 Å². The highest BCUT2D eigenvalue weighted by Crippen LogP contribution is 2.06. The normalized spacial score (nSPS) is 11.6. The van der Waals surface area contributed by atoms with E-state index in [1.54, 1.807) is 0 Å². The Morgan fingerprint density at radius 2 is 2.00 bits per heavy atom. The van der Waals surface area contributed by atoms with Gasteiger partial charge in [-0.15, -0.1) is 0 Å². The van der Waals surface area contributed by atoms with Gasteiger partial charge in [-0.05, 0) is 13.3 Å². The van der Waals surface area contributed by atoms with E-state index in [-0.39, 0.29) is 13.0 Å². The van der Waals surface area contributed by atoms with Gasteiger partial charge >= 0.3 is 11.9 Å². The lowest BCUT2D eigenvalue weighted by Crippen LogP contribution is -2.20. The van der Waals surface area contributed by atoms with Crippen LogP contribution in [0.25, 0.3) is 0 Å². The maximum absolute atomic E-state index is 11.3. The summed E-state index contributed by atoms with van der Waals surface area (Å²) >= 11 is 0. The van der Waals surface area contributed by atoms with E-state index in [0.717, 1.165) is 19.3 Å². The predicted molar refractivity (Wildman–Crippen MR) is 65.1 cm³/mol. The average molecular weight is 241 g/mol. The highest BCUT2D eigenvalue weighted by atomic mass is 16.5. The number of hydrogen-bond acceptors (Lipinski definition) is 4. The van der Waals surface area contributed by atoms with Gasteiger partial charge in [-0.1, -0.05) is 32.4 Å². The van der Waals surface area contributed by atoms with Crippen molar-refractivity contribution in [2.75, 3.05) is 13.2 Å². The molecule has 0 rings (SSSR count). The van der Waals surface area contributed by atoms with Crippen molar-refractivity contribution in [1.82, 2.24) is 0 Å². The Morgan fingerprint density at radius 3 is 2.59 bits per heavy atom. The third-order valence-corrected chi connectivity index (χ3v) is 2.10. The molecule has 0 fully saturated rings. The molecule has 0 aromatic carbocycles. The van der Waals surface area contributed by atoms with Crippen LogP contribution in [-0.2, 0) is 19.1 Å². The monoisotopic (exact) mass is 241 g/mol. The van der Waals surface area contributed by atoms with Gasteiger partial charge in [-0.2, -0.15) is 0 Å². The quantitative estimate of drug-likeness (QED) is 0.353. The first kappa shape index (κ1) is 15.7. The zero-order valence-electron chi connectivity index (χ0n) is 10.4. The fraction of sp³-hybridized carbons (Fsp3) is 0.615. The molecule has 0 aliphatic heterocycles. The Labute approximate surface area is 103 Å². The van der Waals surface area contributed by atoms with E-state index < -0.39 is 17.9 Å². The Hall–Kier alpha value is -1.32. The zero-order chi connectivity index (χ0) is 13.1. The second-order valence-electron chi connectivity index (χ2n) is 3.75. The minimum absolute atomic E-state index is 0.0396. The van der Waals surface area contributed by atoms with E-state index in [4.69, 9.17) is 9.47 Å². The highest BCUT2D eigenvalue weighted by Gasteiger charge is 2.18. The number of rotatable bonds is 9. The summed E-state index contributed by atoms with van der Waals surface area (Å²) in [6.45, 7) is 9.60. The molecule has 1 atom stereocenters. The van der Waals surface area contributed by atoms with Gasteiger partial charge in [0.15, 0.2) is 0 Å². The molecule has 4 nitrogen and oxygen atoms in total. The van der Waals surface area contributed by atoms with Gasteiger partial charge < -0.3 is 9.47 Å². The predicted octanol–water partition coefficient (Wildman–Crippen LogP) is 2.29. The number of carbonyl (C=O) groups excluding carboxylic acids is 2. The van der Waals surface area contributed by atoms with Crippen LogP contribution in [-0.4, -0.2) is 25.2 Å². The molecule has 0 aliphatic rings. The van der Waals surface area contributed by atoms with E-state index in [1.807, 2.05) is 0 Å². The number of carbonyl (C=O) groups is 2. The van der Waals surface area contributed by atoms with Crippen LogP contribution in [0.1, 0.15) is 32.6 Å². The third kappa shape index (κ3) is 8.48. The molecule has 0 bridgehead atoms. The summed E-state index contributed by atoms with van der Waals surface area (Å²) < 4.78 is 9.73. The number of ether oxygens (including phenoxy) is 2. The van der Waals surface area contributed by atoms with Crippen LogP contribution >= 0.6 is 0 Å². The van der Waals surface area contributed by atoms with Crippen molar-refractivity contribution < 1.29 is 19.1 Å². The molecule has 0 heterocycles. The number of esters is 2. The Balaban J connectivity index is 3.71. The summed E-state index contributed by atoms with van der Waals surface area (Å²) in [7, 11) is 0. The molecule has 1 unspecified atom stereocenters. The Morgan fingerprint density at radius 1 is 1.29 bits per heavy atom. The molecule has 17 heavy (non-hydrogen) atoms. The summed E-state index contributed by atoms with van der Waals surface area (Å²) in [4.78, 5) is 22.6. The minimum Gasteiger partial charge on any atom is -0.466 e. The van der Waals surface area contributed by atoms with Gasteiger partial charge in [0.2, 0.25) is 0 Å². The first-order valence-electron chi connectivity index (χ1n) is 5.88. The van der Waals surface area contributed by atoms with E-state index in [0.29, 0.717) is 6.61 Å². The van der Waals surface area contributed by atoms with Crippen molar-refractivity contribution in [3.63, 3.8) is 0 Å². The smallest absolute Gasteiger partial charge is 0.309 e. The molecule has 0 saturated heterocycles. The molecule has 0 saturated carbocycles. The van der Waals surface area contributed by atoms with Crippen LogP contribution in [0.3, 0.4) is 0 Å². The average Bonchev–Trinajstić information content (AvgIpc) is 2.31. The Kier molecular flexibility index (Phi) is 9.11. The summed E-state index contributed by atoms with van der Waals surface area (Å²) in [5.41, 5.74) is 0. The molecule has 0 amide bonds. The molecule has 0 aliphatic carbocycles. The molecular weight excluding hydrogens is 220 g/mol. The first-order valence-corrected chi connectivity index (χ1v) is 5.88. The van der Waals surface area contributed by atoms with Crippen molar-refractivity contribution in [3.8, 4) is 0 Å². The lowest BCUT2D eigenvalue weighted by Gasteiger charge is -2.10. The molecule has 0 aromatic heterocycles. The van der Waals surface area contributed by atoms with Gasteiger partial charge in [0, 0.05) is 0 Å². The maximum Gasteiger partial charge on any atom is 0.309 e. The third-order valence-electron chi connectivity index (χ3n) is 2.10. The number of hydrogen-bond donors (Lipinski definition) is 0. The van der Waals surface area contributed by atoms with E-state index >= 15 is 0 Å². The van der Waals surface area contributed by atoms with Crippen molar-refractivity contribution in [1.29, 1.82) is 0 Å². The molecular formula is C13H21O4.